The highest BCUT2D eigenvalue weighted by Gasteiger charge is 2.16. The minimum atomic E-state index is -0.931. The number of benzene rings is 2. The fraction of sp³-hybridized carbons (Fsp3) is 0.176. The molecule has 1 unspecified atom stereocenters. The molecule has 0 spiro atoms. The summed E-state index contributed by atoms with van der Waals surface area (Å²) in [6.07, 6.45) is 0.567. The quantitative estimate of drug-likeness (QED) is 0.676. The van der Waals surface area contributed by atoms with Crippen LogP contribution in [0.4, 0.5) is 14.5 Å². The van der Waals surface area contributed by atoms with E-state index >= 15 is 0 Å². The highest BCUT2D eigenvalue weighted by Crippen LogP contribution is 2.15. The van der Waals surface area contributed by atoms with E-state index in [9.17, 15) is 13.6 Å². The van der Waals surface area contributed by atoms with Crippen LogP contribution in [-0.4, -0.2) is 18.2 Å². The smallest absolute Gasteiger partial charge is 0.268 e. The van der Waals surface area contributed by atoms with Crippen LogP contribution in [0.1, 0.15) is 18.1 Å². The van der Waals surface area contributed by atoms with E-state index in [4.69, 9.17) is 4.84 Å². The Balaban J connectivity index is 1.94. The number of nitrogens with one attached hydrogen (secondary N) is 1. The fourth-order valence-corrected chi connectivity index (χ4v) is 1.78. The Bertz CT molecular complexity index is 732. The topological polar surface area (TPSA) is 50.7 Å². The molecule has 0 aliphatic heterocycles. The van der Waals surface area contributed by atoms with Gasteiger partial charge in [0, 0.05) is 6.07 Å². The number of hydrogen-bond donors (Lipinski definition) is 1. The third kappa shape index (κ3) is 4.60. The summed E-state index contributed by atoms with van der Waals surface area (Å²) in [5.74, 6) is -2.15. The van der Waals surface area contributed by atoms with Gasteiger partial charge >= 0.3 is 0 Å². The number of hydrogen-bond acceptors (Lipinski definition) is 3. The molecule has 1 N–H and O–H groups in total. The van der Waals surface area contributed by atoms with Gasteiger partial charge in [-0.3, -0.25) is 4.79 Å². The number of amides is 1. The van der Waals surface area contributed by atoms with Gasteiger partial charge in [-0.05, 0) is 37.1 Å². The van der Waals surface area contributed by atoms with Crippen LogP contribution in [0.25, 0.3) is 0 Å². The van der Waals surface area contributed by atoms with Crippen molar-refractivity contribution < 1.29 is 18.4 Å². The number of rotatable bonds is 5. The summed E-state index contributed by atoms with van der Waals surface area (Å²) in [6.45, 7) is 3.40. The molecule has 1 atom stereocenters. The van der Waals surface area contributed by atoms with Gasteiger partial charge in [0.2, 0.25) is 6.10 Å². The Morgan fingerprint density at radius 3 is 2.70 bits per heavy atom. The van der Waals surface area contributed by atoms with Crippen molar-refractivity contribution >= 4 is 17.8 Å². The molecule has 2 rings (SSSR count). The summed E-state index contributed by atoms with van der Waals surface area (Å²) in [4.78, 5) is 16.9. The second-order valence-corrected chi connectivity index (χ2v) is 4.95. The summed E-state index contributed by atoms with van der Waals surface area (Å²) in [6, 6.07) is 10.4. The molecule has 1 amide bonds. The van der Waals surface area contributed by atoms with Gasteiger partial charge in [0.25, 0.3) is 5.91 Å². The highest BCUT2D eigenvalue weighted by molar-refractivity contribution is 5.94. The number of aryl methyl sites for hydroxylation is 1. The minimum Gasteiger partial charge on any atom is -0.383 e. The number of anilines is 1. The molecule has 2 aromatic rings. The third-order valence-electron chi connectivity index (χ3n) is 3.16. The van der Waals surface area contributed by atoms with Crippen molar-refractivity contribution in [3.63, 3.8) is 0 Å². The number of carbonyl (C=O) groups is 1. The maximum absolute atomic E-state index is 13.5. The molecule has 23 heavy (non-hydrogen) atoms. The van der Waals surface area contributed by atoms with Crippen LogP contribution in [0.3, 0.4) is 0 Å². The van der Waals surface area contributed by atoms with Crippen molar-refractivity contribution in [1.29, 1.82) is 0 Å². The Morgan fingerprint density at radius 1 is 1.26 bits per heavy atom. The van der Waals surface area contributed by atoms with Crippen molar-refractivity contribution in [3.05, 3.63) is 65.2 Å². The Morgan fingerprint density at radius 2 is 2.00 bits per heavy atom. The predicted molar refractivity (Wildman–Crippen MR) is 84.3 cm³/mol. The van der Waals surface area contributed by atoms with Crippen LogP contribution in [0.5, 0.6) is 0 Å². The lowest BCUT2D eigenvalue weighted by atomic mass is 10.1. The van der Waals surface area contributed by atoms with E-state index in [2.05, 4.69) is 10.5 Å². The third-order valence-corrected chi connectivity index (χ3v) is 3.16. The van der Waals surface area contributed by atoms with E-state index in [-0.39, 0.29) is 5.69 Å². The Kier molecular flexibility index (Phi) is 5.41. The fourth-order valence-electron chi connectivity index (χ4n) is 1.78. The molecule has 0 saturated carbocycles. The first-order valence-corrected chi connectivity index (χ1v) is 6.98. The minimum absolute atomic E-state index is 0.116. The molecule has 4 nitrogen and oxygen atoms in total. The lowest BCUT2D eigenvalue weighted by Gasteiger charge is -2.11. The second kappa shape index (κ2) is 7.49. The van der Waals surface area contributed by atoms with Gasteiger partial charge < -0.3 is 10.2 Å². The number of nitrogens with zero attached hydrogens (tertiary/aromatic N) is 1. The predicted octanol–water partition coefficient (Wildman–Crippen LogP) is 3.65. The molecule has 2 aromatic carbocycles. The molecule has 0 aromatic heterocycles. The Hall–Kier alpha value is -2.76. The second-order valence-electron chi connectivity index (χ2n) is 4.95. The average Bonchev–Trinajstić information content (AvgIpc) is 2.51. The van der Waals surface area contributed by atoms with Gasteiger partial charge in [0.05, 0.1) is 11.9 Å². The van der Waals surface area contributed by atoms with Gasteiger partial charge in [0.15, 0.2) is 0 Å². The van der Waals surface area contributed by atoms with Crippen molar-refractivity contribution in [2.24, 2.45) is 5.16 Å². The molecule has 6 heteroatoms. The molecule has 0 aliphatic carbocycles. The molecular formula is C17H16F2N2O2. The molecule has 0 bridgehead atoms. The van der Waals surface area contributed by atoms with Crippen LogP contribution >= 0.6 is 0 Å². The first-order chi connectivity index (χ1) is 11.0. The lowest BCUT2D eigenvalue weighted by molar-refractivity contribution is -0.126. The van der Waals surface area contributed by atoms with E-state index in [1.165, 1.54) is 13.1 Å². The molecule has 0 heterocycles. The largest absolute Gasteiger partial charge is 0.383 e. The Labute approximate surface area is 132 Å². The maximum Gasteiger partial charge on any atom is 0.268 e. The number of oxime groups is 1. The summed E-state index contributed by atoms with van der Waals surface area (Å²) < 4.78 is 26.3. The average molecular weight is 318 g/mol. The van der Waals surface area contributed by atoms with Crippen molar-refractivity contribution in [1.82, 2.24) is 0 Å². The molecule has 120 valence electrons. The van der Waals surface area contributed by atoms with Gasteiger partial charge in [-0.1, -0.05) is 29.4 Å². The monoisotopic (exact) mass is 318 g/mol. The summed E-state index contributed by atoms with van der Waals surface area (Å²) in [5, 5.41) is 6.08. The van der Waals surface area contributed by atoms with Gasteiger partial charge in [-0.15, -0.1) is 0 Å². The summed E-state index contributed by atoms with van der Waals surface area (Å²) >= 11 is 0. The van der Waals surface area contributed by atoms with E-state index in [1.54, 1.807) is 0 Å². The van der Waals surface area contributed by atoms with Crippen molar-refractivity contribution in [3.8, 4) is 0 Å². The summed E-state index contributed by atoms with van der Waals surface area (Å²) in [7, 11) is 0. The first-order valence-electron chi connectivity index (χ1n) is 6.98. The first kappa shape index (κ1) is 16.6. The van der Waals surface area contributed by atoms with Crippen molar-refractivity contribution in [2.45, 2.75) is 20.0 Å². The standard InChI is InChI=1S/C17H16F2N2O2/c1-11-5-3-4-6-13(11)10-20-23-12(2)17(22)21-16-8-7-14(18)9-15(16)19/h3-10,12H,1-2H3,(H,21,22)/b20-10+. The van der Waals surface area contributed by atoms with Crippen LogP contribution in [-0.2, 0) is 9.63 Å². The molecule has 0 saturated heterocycles. The molecule has 0 aliphatic rings. The van der Waals surface area contributed by atoms with Gasteiger partial charge in [-0.2, -0.15) is 0 Å². The van der Waals surface area contributed by atoms with E-state index in [0.717, 1.165) is 23.3 Å². The maximum atomic E-state index is 13.5. The summed E-state index contributed by atoms with van der Waals surface area (Å²) in [5.41, 5.74) is 1.77. The molecule has 0 fully saturated rings. The zero-order valence-corrected chi connectivity index (χ0v) is 12.7. The molecular weight excluding hydrogens is 302 g/mol. The van der Waals surface area contributed by atoms with E-state index < -0.39 is 23.6 Å². The number of carbonyl (C=O) groups excluding carboxylic acids is 1. The van der Waals surface area contributed by atoms with Crippen LogP contribution < -0.4 is 5.32 Å². The van der Waals surface area contributed by atoms with E-state index in [1.807, 2.05) is 31.2 Å². The molecule has 0 radical (unpaired) electrons. The number of halogens is 2. The lowest BCUT2D eigenvalue weighted by Crippen LogP contribution is -2.26. The SMILES string of the molecule is Cc1ccccc1/C=N/OC(C)C(=O)Nc1ccc(F)cc1F. The van der Waals surface area contributed by atoms with E-state index in [0.29, 0.717) is 6.07 Å². The van der Waals surface area contributed by atoms with Gasteiger partial charge in [0.1, 0.15) is 11.6 Å². The van der Waals surface area contributed by atoms with Crippen LogP contribution in [0.15, 0.2) is 47.6 Å². The van der Waals surface area contributed by atoms with Crippen LogP contribution in [0.2, 0.25) is 0 Å². The van der Waals surface area contributed by atoms with Crippen LogP contribution in [0, 0.1) is 18.6 Å². The highest BCUT2D eigenvalue weighted by atomic mass is 19.1. The zero-order chi connectivity index (χ0) is 16.8. The van der Waals surface area contributed by atoms with Gasteiger partial charge in [-0.25, -0.2) is 8.78 Å². The zero-order valence-electron chi connectivity index (χ0n) is 12.7. The normalized spacial score (nSPS) is 12.2. The van der Waals surface area contributed by atoms with Crippen molar-refractivity contribution in [2.75, 3.05) is 5.32 Å².